The fourth-order valence-corrected chi connectivity index (χ4v) is 2.91. The first-order chi connectivity index (χ1) is 11.3. The van der Waals surface area contributed by atoms with Gasteiger partial charge in [0, 0.05) is 12.4 Å². The van der Waals surface area contributed by atoms with Crippen LogP contribution in [0.3, 0.4) is 0 Å². The van der Waals surface area contributed by atoms with Crippen LogP contribution in [-0.4, -0.2) is 17.5 Å². The molecule has 0 fully saturated rings. The Morgan fingerprint density at radius 3 is 1.61 bits per heavy atom. The van der Waals surface area contributed by atoms with E-state index in [1.807, 2.05) is 36.7 Å². The lowest BCUT2D eigenvalue weighted by Gasteiger charge is -2.20. The number of nitrogens with zero attached hydrogens (tertiary/aromatic N) is 4. The molecule has 4 nitrogen and oxygen atoms in total. The van der Waals surface area contributed by atoms with Crippen molar-refractivity contribution in [3.05, 3.63) is 72.1 Å². The number of pyridine rings is 2. The maximum atomic E-state index is 4.56. The quantitative estimate of drug-likeness (QED) is 0.671. The van der Waals surface area contributed by atoms with Crippen molar-refractivity contribution in [2.24, 2.45) is 0 Å². The lowest BCUT2D eigenvalue weighted by molar-refractivity contribution is 1.20. The van der Waals surface area contributed by atoms with Crippen molar-refractivity contribution in [1.82, 2.24) is 9.97 Å². The van der Waals surface area contributed by atoms with Crippen molar-refractivity contribution in [3.63, 3.8) is 0 Å². The minimum absolute atomic E-state index is 0.941. The Bertz CT molecular complexity index is 794. The summed E-state index contributed by atoms with van der Waals surface area (Å²) in [5.74, 6) is 1.88. The molecule has 0 saturated heterocycles. The molecule has 0 unspecified atom stereocenters. The molecule has 3 aromatic rings. The van der Waals surface area contributed by atoms with Gasteiger partial charge in [0.25, 0.3) is 0 Å². The van der Waals surface area contributed by atoms with Crippen LogP contribution in [-0.2, 0) is 0 Å². The van der Waals surface area contributed by atoms with E-state index in [9.17, 15) is 0 Å². The molecule has 1 aliphatic rings. The summed E-state index contributed by atoms with van der Waals surface area (Å²) in [6.07, 6.45) is 3.65. The van der Waals surface area contributed by atoms with E-state index in [0.29, 0.717) is 0 Å². The second-order valence-corrected chi connectivity index (χ2v) is 5.63. The van der Waals surface area contributed by atoms with Gasteiger partial charge in [-0.2, -0.15) is 0 Å². The summed E-state index contributed by atoms with van der Waals surface area (Å²) in [6, 6.07) is 16.4. The van der Waals surface area contributed by atoms with Gasteiger partial charge in [-0.15, -0.1) is 0 Å². The highest BCUT2D eigenvalue weighted by Gasteiger charge is 2.32. The zero-order valence-corrected chi connectivity index (χ0v) is 13.1. The minimum atomic E-state index is 0.941. The zero-order valence-electron chi connectivity index (χ0n) is 13.1. The van der Waals surface area contributed by atoms with Crippen molar-refractivity contribution in [2.45, 2.75) is 13.8 Å². The number of fused-ring (bicyclic) bond motifs is 1. The largest absolute Gasteiger partial charge is 0.403 e. The number of hydrogen-bond acceptors (Lipinski definition) is 4. The summed E-state index contributed by atoms with van der Waals surface area (Å²) in [5.41, 5.74) is 4.50. The van der Waals surface area contributed by atoms with Crippen molar-refractivity contribution in [2.75, 3.05) is 9.62 Å². The molecule has 23 heavy (non-hydrogen) atoms. The van der Waals surface area contributed by atoms with Crippen molar-refractivity contribution >= 4 is 30.6 Å². The summed E-state index contributed by atoms with van der Waals surface area (Å²) in [7, 11) is 2.06. The molecule has 1 radical (unpaired) electrons. The van der Waals surface area contributed by atoms with Gasteiger partial charge in [0.1, 0.15) is 11.6 Å². The van der Waals surface area contributed by atoms with Gasteiger partial charge in [-0.1, -0.05) is 24.3 Å². The number of aryl methyl sites for hydroxylation is 2. The minimum Gasteiger partial charge on any atom is -0.351 e. The Kier molecular flexibility index (Phi) is 3.26. The van der Waals surface area contributed by atoms with E-state index in [1.54, 1.807) is 0 Å². The number of hydrogen-bond donors (Lipinski definition) is 0. The smallest absolute Gasteiger partial charge is 0.351 e. The molecule has 0 N–H and O–H groups in total. The second-order valence-electron chi connectivity index (χ2n) is 5.63. The molecule has 111 valence electrons. The molecule has 0 atom stereocenters. The lowest BCUT2D eigenvalue weighted by Crippen LogP contribution is -2.30. The van der Waals surface area contributed by atoms with Gasteiger partial charge in [-0.05, 0) is 49.2 Å². The van der Waals surface area contributed by atoms with E-state index in [-0.39, 0.29) is 0 Å². The second kappa shape index (κ2) is 5.43. The number of rotatable bonds is 2. The molecule has 0 saturated carbocycles. The first-order valence-corrected chi connectivity index (χ1v) is 7.61. The average molecular weight is 299 g/mol. The van der Waals surface area contributed by atoms with Gasteiger partial charge in [0.15, 0.2) is 0 Å². The van der Waals surface area contributed by atoms with Crippen LogP contribution in [0.4, 0.5) is 23.0 Å². The van der Waals surface area contributed by atoms with Crippen molar-refractivity contribution in [1.29, 1.82) is 0 Å². The number of benzene rings is 1. The highest BCUT2D eigenvalue weighted by atomic mass is 15.3. The molecule has 0 bridgehead atoms. The van der Waals surface area contributed by atoms with Crippen LogP contribution in [0.5, 0.6) is 0 Å². The van der Waals surface area contributed by atoms with Crippen LogP contribution in [0.25, 0.3) is 0 Å². The Morgan fingerprint density at radius 2 is 1.17 bits per heavy atom. The van der Waals surface area contributed by atoms with Crippen LogP contribution < -0.4 is 9.62 Å². The van der Waals surface area contributed by atoms with E-state index in [0.717, 1.165) is 34.1 Å². The monoisotopic (exact) mass is 299 g/mol. The summed E-state index contributed by atoms with van der Waals surface area (Å²) < 4.78 is 0. The maximum Gasteiger partial charge on any atom is 0.403 e. The number of anilines is 4. The SMILES string of the molecule is Cc1cccnc1N1[B]N(c2ncccc2C)c2ccccc21. The third-order valence-electron chi connectivity index (χ3n) is 4.05. The molecule has 3 heterocycles. The molecular formula is C18H16BN4. The first kappa shape index (κ1) is 13.8. The predicted octanol–water partition coefficient (Wildman–Crippen LogP) is 3.92. The van der Waals surface area contributed by atoms with Gasteiger partial charge in [-0.3, -0.25) is 0 Å². The molecule has 0 amide bonds. The van der Waals surface area contributed by atoms with Crippen LogP contribution in [0, 0.1) is 13.8 Å². The standard InChI is InChI=1S/C18H16BN4/c1-13-7-5-11-20-17(13)22-15-9-3-4-10-16(15)23(19-22)18-14(2)8-6-12-21-18/h3-12H,1-2H3. The first-order valence-electron chi connectivity index (χ1n) is 7.61. The Morgan fingerprint density at radius 1 is 0.696 bits per heavy atom. The van der Waals surface area contributed by atoms with Gasteiger partial charge < -0.3 is 9.62 Å². The highest BCUT2D eigenvalue weighted by Crippen LogP contribution is 2.42. The van der Waals surface area contributed by atoms with Gasteiger partial charge in [0.05, 0.1) is 11.4 Å². The average Bonchev–Trinajstić information content (AvgIpc) is 2.95. The normalized spacial score (nSPS) is 13.0. The fourth-order valence-electron chi connectivity index (χ4n) is 2.91. The molecule has 4 rings (SSSR count). The van der Waals surface area contributed by atoms with Crippen LogP contribution in [0.1, 0.15) is 11.1 Å². The van der Waals surface area contributed by atoms with E-state index in [4.69, 9.17) is 0 Å². The lowest BCUT2D eigenvalue weighted by atomic mass is 10.0. The summed E-state index contributed by atoms with van der Waals surface area (Å²) in [6.45, 7) is 4.15. The van der Waals surface area contributed by atoms with Gasteiger partial charge in [0.2, 0.25) is 0 Å². The van der Waals surface area contributed by atoms with Crippen LogP contribution in [0.2, 0.25) is 0 Å². The van der Waals surface area contributed by atoms with Crippen molar-refractivity contribution in [3.8, 4) is 0 Å². The van der Waals surface area contributed by atoms with E-state index < -0.39 is 0 Å². The fraction of sp³-hybridized carbons (Fsp3) is 0.111. The zero-order chi connectivity index (χ0) is 15.8. The molecule has 0 spiro atoms. The number of aromatic nitrogens is 2. The Balaban J connectivity index is 1.85. The molecule has 5 heteroatoms. The topological polar surface area (TPSA) is 32.3 Å². The Labute approximate surface area is 136 Å². The Hall–Kier alpha value is -2.82. The molecule has 0 aliphatic carbocycles. The molecule has 1 aromatic carbocycles. The third-order valence-corrected chi connectivity index (χ3v) is 4.05. The van der Waals surface area contributed by atoms with Crippen molar-refractivity contribution < 1.29 is 0 Å². The molecule has 1 aliphatic heterocycles. The molecular weight excluding hydrogens is 283 g/mol. The molecule has 2 aromatic heterocycles. The number of para-hydroxylation sites is 2. The third kappa shape index (κ3) is 2.25. The summed E-state index contributed by atoms with van der Waals surface area (Å²) in [5, 5.41) is 0. The predicted molar refractivity (Wildman–Crippen MR) is 94.4 cm³/mol. The highest BCUT2D eigenvalue weighted by molar-refractivity contribution is 6.55. The maximum absolute atomic E-state index is 4.56. The van der Waals surface area contributed by atoms with Crippen LogP contribution >= 0.6 is 0 Å². The van der Waals surface area contributed by atoms with E-state index in [2.05, 4.69) is 65.3 Å². The summed E-state index contributed by atoms with van der Waals surface area (Å²) >= 11 is 0. The van der Waals surface area contributed by atoms with Crippen LogP contribution in [0.15, 0.2) is 60.9 Å². The van der Waals surface area contributed by atoms with E-state index >= 15 is 0 Å². The van der Waals surface area contributed by atoms with Gasteiger partial charge >= 0.3 is 7.55 Å². The summed E-state index contributed by atoms with van der Waals surface area (Å²) in [4.78, 5) is 13.4. The van der Waals surface area contributed by atoms with Gasteiger partial charge in [-0.25, -0.2) is 9.97 Å². The van der Waals surface area contributed by atoms with E-state index in [1.165, 1.54) is 0 Å².